The summed E-state index contributed by atoms with van der Waals surface area (Å²) in [5, 5.41) is 3.35. The van der Waals surface area contributed by atoms with Crippen molar-refractivity contribution in [3.05, 3.63) is 30.3 Å². The van der Waals surface area contributed by atoms with Gasteiger partial charge >= 0.3 is 0 Å². The van der Waals surface area contributed by atoms with Gasteiger partial charge in [-0.1, -0.05) is 25.1 Å². The molecule has 1 rings (SSSR count). The van der Waals surface area contributed by atoms with Crippen LogP contribution in [0.4, 0.5) is 5.69 Å². The molecular weight excluding hydrogens is 160 g/mol. The molecule has 0 spiro atoms. The lowest BCUT2D eigenvalue weighted by atomic mass is 10.1. The SMILES string of the molecule is CC(CN)CCNc1ccccc1. The van der Waals surface area contributed by atoms with Crippen LogP contribution in [-0.2, 0) is 0 Å². The second-order valence-electron chi connectivity index (χ2n) is 3.42. The Balaban J connectivity index is 2.20. The number of benzene rings is 1. The van der Waals surface area contributed by atoms with Gasteiger partial charge in [0, 0.05) is 12.2 Å². The molecule has 0 heterocycles. The molecule has 0 aromatic heterocycles. The van der Waals surface area contributed by atoms with Crippen LogP contribution < -0.4 is 11.1 Å². The van der Waals surface area contributed by atoms with Crippen molar-refractivity contribution in [2.45, 2.75) is 13.3 Å². The second-order valence-corrected chi connectivity index (χ2v) is 3.42. The van der Waals surface area contributed by atoms with E-state index in [4.69, 9.17) is 5.73 Å². The van der Waals surface area contributed by atoms with Crippen molar-refractivity contribution in [3.63, 3.8) is 0 Å². The molecule has 1 unspecified atom stereocenters. The van der Waals surface area contributed by atoms with Gasteiger partial charge in [0.1, 0.15) is 0 Å². The van der Waals surface area contributed by atoms with E-state index < -0.39 is 0 Å². The fourth-order valence-electron chi connectivity index (χ4n) is 1.14. The van der Waals surface area contributed by atoms with E-state index in [9.17, 15) is 0 Å². The molecule has 3 N–H and O–H groups in total. The first-order chi connectivity index (χ1) is 6.33. The number of hydrogen-bond acceptors (Lipinski definition) is 2. The average molecular weight is 178 g/mol. The molecule has 0 saturated carbocycles. The molecule has 0 aliphatic carbocycles. The third-order valence-corrected chi connectivity index (χ3v) is 2.14. The van der Waals surface area contributed by atoms with Crippen molar-refractivity contribution < 1.29 is 0 Å². The molecule has 0 amide bonds. The highest BCUT2D eigenvalue weighted by molar-refractivity contribution is 5.42. The van der Waals surface area contributed by atoms with E-state index in [1.807, 2.05) is 18.2 Å². The standard InChI is InChI=1S/C11H18N2/c1-10(9-12)7-8-13-11-5-3-2-4-6-11/h2-6,10,13H,7-9,12H2,1H3. The van der Waals surface area contributed by atoms with Gasteiger partial charge in [0.25, 0.3) is 0 Å². The van der Waals surface area contributed by atoms with Crippen molar-refractivity contribution in [1.29, 1.82) is 0 Å². The van der Waals surface area contributed by atoms with Crippen molar-refractivity contribution >= 4 is 5.69 Å². The summed E-state index contributed by atoms with van der Waals surface area (Å²) in [6.07, 6.45) is 1.13. The summed E-state index contributed by atoms with van der Waals surface area (Å²) < 4.78 is 0. The van der Waals surface area contributed by atoms with Gasteiger partial charge in [-0.15, -0.1) is 0 Å². The van der Waals surface area contributed by atoms with Gasteiger partial charge in [0.2, 0.25) is 0 Å². The number of para-hydroxylation sites is 1. The summed E-state index contributed by atoms with van der Waals surface area (Å²) in [6, 6.07) is 10.2. The van der Waals surface area contributed by atoms with Crippen LogP contribution in [-0.4, -0.2) is 13.1 Å². The molecule has 1 atom stereocenters. The zero-order chi connectivity index (χ0) is 9.52. The first kappa shape index (κ1) is 10.1. The predicted molar refractivity (Wildman–Crippen MR) is 57.8 cm³/mol. The van der Waals surface area contributed by atoms with E-state index in [-0.39, 0.29) is 0 Å². The molecule has 2 heteroatoms. The molecule has 0 aliphatic heterocycles. The highest BCUT2D eigenvalue weighted by Gasteiger charge is 1.97. The first-order valence-electron chi connectivity index (χ1n) is 4.82. The summed E-state index contributed by atoms with van der Waals surface area (Å²) in [7, 11) is 0. The van der Waals surface area contributed by atoms with E-state index in [1.165, 1.54) is 5.69 Å². The van der Waals surface area contributed by atoms with Gasteiger partial charge in [-0.05, 0) is 31.0 Å². The van der Waals surface area contributed by atoms with Crippen molar-refractivity contribution in [1.82, 2.24) is 0 Å². The van der Waals surface area contributed by atoms with Crippen molar-refractivity contribution in [3.8, 4) is 0 Å². The van der Waals surface area contributed by atoms with E-state index in [2.05, 4.69) is 24.4 Å². The number of hydrogen-bond donors (Lipinski definition) is 2. The van der Waals surface area contributed by atoms with Crippen LogP contribution in [0.15, 0.2) is 30.3 Å². The Labute approximate surface area is 80.1 Å². The Bertz CT molecular complexity index is 221. The molecular formula is C11H18N2. The molecule has 0 fully saturated rings. The van der Waals surface area contributed by atoms with Crippen LogP contribution in [0.3, 0.4) is 0 Å². The van der Waals surface area contributed by atoms with Gasteiger partial charge in [0.05, 0.1) is 0 Å². The number of anilines is 1. The lowest BCUT2D eigenvalue weighted by Gasteiger charge is -2.09. The van der Waals surface area contributed by atoms with Gasteiger partial charge in [-0.25, -0.2) is 0 Å². The summed E-state index contributed by atoms with van der Waals surface area (Å²) in [6.45, 7) is 3.95. The Morgan fingerprint density at radius 3 is 2.62 bits per heavy atom. The van der Waals surface area contributed by atoms with E-state index in [0.29, 0.717) is 5.92 Å². The molecule has 0 saturated heterocycles. The van der Waals surface area contributed by atoms with Gasteiger partial charge in [-0.3, -0.25) is 0 Å². The summed E-state index contributed by atoms with van der Waals surface area (Å²) >= 11 is 0. The lowest BCUT2D eigenvalue weighted by molar-refractivity contribution is 0.561. The molecule has 13 heavy (non-hydrogen) atoms. The normalized spacial score (nSPS) is 12.5. The Hall–Kier alpha value is -1.02. The molecule has 1 aromatic rings. The number of rotatable bonds is 5. The maximum Gasteiger partial charge on any atom is 0.0340 e. The average Bonchev–Trinajstić information content (AvgIpc) is 2.19. The second kappa shape index (κ2) is 5.60. The first-order valence-corrected chi connectivity index (χ1v) is 4.82. The Morgan fingerprint density at radius 2 is 2.00 bits per heavy atom. The molecule has 72 valence electrons. The Morgan fingerprint density at radius 1 is 1.31 bits per heavy atom. The van der Waals surface area contributed by atoms with Gasteiger partial charge in [0.15, 0.2) is 0 Å². The highest BCUT2D eigenvalue weighted by Crippen LogP contribution is 2.06. The maximum atomic E-state index is 5.52. The van der Waals surface area contributed by atoms with Crippen LogP contribution in [0, 0.1) is 5.92 Å². The Kier molecular flexibility index (Phi) is 4.33. The fraction of sp³-hybridized carbons (Fsp3) is 0.455. The highest BCUT2D eigenvalue weighted by atomic mass is 14.9. The predicted octanol–water partition coefficient (Wildman–Crippen LogP) is 2.08. The van der Waals surface area contributed by atoms with Gasteiger partial charge in [-0.2, -0.15) is 0 Å². The number of nitrogens with two attached hydrogens (primary N) is 1. The molecule has 0 radical (unpaired) electrons. The van der Waals surface area contributed by atoms with Gasteiger partial charge < -0.3 is 11.1 Å². The summed E-state index contributed by atoms with van der Waals surface area (Å²) in [5.74, 6) is 0.608. The smallest absolute Gasteiger partial charge is 0.0340 e. The monoisotopic (exact) mass is 178 g/mol. The quantitative estimate of drug-likeness (QED) is 0.724. The molecule has 2 nitrogen and oxygen atoms in total. The topological polar surface area (TPSA) is 38.0 Å². The largest absolute Gasteiger partial charge is 0.385 e. The molecule has 0 bridgehead atoms. The molecule has 1 aromatic carbocycles. The van der Waals surface area contributed by atoms with Crippen LogP contribution in [0.25, 0.3) is 0 Å². The molecule has 0 aliphatic rings. The minimum Gasteiger partial charge on any atom is -0.385 e. The van der Waals surface area contributed by atoms with Crippen molar-refractivity contribution in [2.75, 3.05) is 18.4 Å². The van der Waals surface area contributed by atoms with E-state index in [0.717, 1.165) is 19.5 Å². The van der Waals surface area contributed by atoms with Crippen LogP contribution in [0.1, 0.15) is 13.3 Å². The van der Waals surface area contributed by atoms with Crippen LogP contribution >= 0.6 is 0 Å². The third kappa shape index (κ3) is 3.95. The minimum atomic E-state index is 0.608. The lowest BCUT2D eigenvalue weighted by Crippen LogP contribution is -2.14. The number of nitrogens with one attached hydrogen (secondary N) is 1. The minimum absolute atomic E-state index is 0.608. The summed E-state index contributed by atoms with van der Waals surface area (Å²) in [5.41, 5.74) is 6.71. The fourth-order valence-corrected chi connectivity index (χ4v) is 1.14. The zero-order valence-corrected chi connectivity index (χ0v) is 8.16. The summed E-state index contributed by atoms with van der Waals surface area (Å²) in [4.78, 5) is 0. The van der Waals surface area contributed by atoms with Crippen molar-refractivity contribution in [2.24, 2.45) is 11.7 Å². The van der Waals surface area contributed by atoms with Crippen LogP contribution in [0.2, 0.25) is 0 Å². The zero-order valence-electron chi connectivity index (χ0n) is 8.16. The van der Waals surface area contributed by atoms with E-state index >= 15 is 0 Å². The van der Waals surface area contributed by atoms with Crippen LogP contribution in [0.5, 0.6) is 0 Å². The maximum absolute atomic E-state index is 5.52. The third-order valence-electron chi connectivity index (χ3n) is 2.14. The van der Waals surface area contributed by atoms with E-state index in [1.54, 1.807) is 0 Å².